The molecule has 3 heteroatoms. The molecule has 2 N–H and O–H groups in total. The van der Waals surface area contributed by atoms with Crippen LogP contribution in [0.2, 0.25) is 0 Å². The number of benzene rings is 1. The second kappa shape index (κ2) is 6.50. The molecular formula is C14H23NO2. The van der Waals surface area contributed by atoms with Gasteiger partial charge in [-0.3, -0.25) is 0 Å². The molecule has 0 aromatic heterocycles. The van der Waals surface area contributed by atoms with Gasteiger partial charge in [0.15, 0.2) is 0 Å². The van der Waals surface area contributed by atoms with Crippen LogP contribution in [0.3, 0.4) is 0 Å². The molecule has 1 rings (SSSR count). The third-order valence-corrected chi connectivity index (χ3v) is 3.28. The van der Waals surface area contributed by atoms with Crippen LogP contribution in [-0.2, 0) is 6.42 Å². The van der Waals surface area contributed by atoms with Gasteiger partial charge in [-0.25, -0.2) is 0 Å². The second-order valence-electron chi connectivity index (χ2n) is 4.30. The zero-order valence-electron chi connectivity index (χ0n) is 11.2. The minimum atomic E-state index is 0.511. The molecule has 0 bridgehead atoms. The maximum atomic E-state index is 5.75. The Morgan fingerprint density at radius 3 is 2.41 bits per heavy atom. The van der Waals surface area contributed by atoms with Gasteiger partial charge in [0, 0.05) is 5.56 Å². The summed E-state index contributed by atoms with van der Waals surface area (Å²) in [5, 5.41) is 0. The van der Waals surface area contributed by atoms with Crippen molar-refractivity contribution in [1.82, 2.24) is 0 Å². The lowest BCUT2D eigenvalue weighted by Gasteiger charge is -2.18. The van der Waals surface area contributed by atoms with E-state index in [2.05, 4.69) is 13.0 Å². The van der Waals surface area contributed by atoms with Crippen LogP contribution in [-0.4, -0.2) is 20.8 Å². The number of methoxy groups -OCH3 is 2. The van der Waals surface area contributed by atoms with Gasteiger partial charge in [0.2, 0.25) is 0 Å². The van der Waals surface area contributed by atoms with Gasteiger partial charge in [-0.2, -0.15) is 0 Å². The number of nitrogens with two attached hydrogens (primary N) is 1. The quantitative estimate of drug-likeness (QED) is 0.827. The van der Waals surface area contributed by atoms with Gasteiger partial charge in [-0.1, -0.05) is 19.4 Å². The molecule has 0 saturated carbocycles. The summed E-state index contributed by atoms with van der Waals surface area (Å²) in [5.74, 6) is 2.30. The molecule has 0 aliphatic rings. The van der Waals surface area contributed by atoms with Crippen LogP contribution >= 0.6 is 0 Å². The molecule has 0 saturated heterocycles. The Hall–Kier alpha value is -1.22. The molecule has 1 aromatic rings. The standard InChI is InChI=1S/C14H23NO2/c1-5-11(9-15)8-12-6-7-13(16-3)10(2)14(12)17-4/h6-7,11H,5,8-9,15H2,1-4H3. The molecule has 96 valence electrons. The number of ether oxygens (including phenoxy) is 2. The topological polar surface area (TPSA) is 44.5 Å². The zero-order chi connectivity index (χ0) is 12.8. The third kappa shape index (κ3) is 3.13. The van der Waals surface area contributed by atoms with E-state index < -0.39 is 0 Å². The average Bonchev–Trinajstić information content (AvgIpc) is 2.36. The molecule has 0 aliphatic heterocycles. The van der Waals surface area contributed by atoms with Gasteiger partial charge < -0.3 is 15.2 Å². The van der Waals surface area contributed by atoms with Crippen LogP contribution in [0.4, 0.5) is 0 Å². The van der Waals surface area contributed by atoms with Crippen molar-refractivity contribution < 1.29 is 9.47 Å². The number of hydrogen-bond donors (Lipinski definition) is 1. The fourth-order valence-electron chi connectivity index (χ4n) is 2.10. The SMILES string of the molecule is CCC(CN)Cc1ccc(OC)c(C)c1OC. The molecule has 0 radical (unpaired) electrons. The summed E-state index contributed by atoms with van der Waals surface area (Å²) in [5.41, 5.74) is 8.02. The van der Waals surface area contributed by atoms with Gasteiger partial charge in [-0.15, -0.1) is 0 Å². The predicted molar refractivity (Wildman–Crippen MR) is 70.8 cm³/mol. The molecule has 3 nitrogen and oxygen atoms in total. The third-order valence-electron chi connectivity index (χ3n) is 3.28. The smallest absolute Gasteiger partial charge is 0.128 e. The van der Waals surface area contributed by atoms with Crippen molar-refractivity contribution in [1.29, 1.82) is 0 Å². The Labute approximate surface area is 104 Å². The van der Waals surface area contributed by atoms with E-state index in [0.29, 0.717) is 12.5 Å². The summed E-state index contributed by atoms with van der Waals surface area (Å²) in [6, 6.07) is 4.07. The van der Waals surface area contributed by atoms with Crippen molar-refractivity contribution in [3.8, 4) is 11.5 Å². The Morgan fingerprint density at radius 2 is 1.94 bits per heavy atom. The minimum Gasteiger partial charge on any atom is -0.496 e. The van der Waals surface area contributed by atoms with Crippen molar-refractivity contribution in [2.24, 2.45) is 11.7 Å². The summed E-state index contributed by atoms with van der Waals surface area (Å²) in [4.78, 5) is 0. The van der Waals surface area contributed by atoms with E-state index >= 15 is 0 Å². The summed E-state index contributed by atoms with van der Waals surface area (Å²) < 4.78 is 10.8. The molecule has 0 amide bonds. The Morgan fingerprint density at radius 1 is 1.24 bits per heavy atom. The zero-order valence-corrected chi connectivity index (χ0v) is 11.2. The van der Waals surface area contributed by atoms with Crippen LogP contribution in [0.25, 0.3) is 0 Å². The van der Waals surface area contributed by atoms with E-state index in [1.165, 1.54) is 5.56 Å². The minimum absolute atomic E-state index is 0.511. The lowest BCUT2D eigenvalue weighted by molar-refractivity contribution is 0.382. The van der Waals surface area contributed by atoms with Crippen molar-refractivity contribution in [2.45, 2.75) is 26.7 Å². The highest BCUT2D eigenvalue weighted by Gasteiger charge is 2.14. The fourth-order valence-corrected chi connectivity index (χ4v) is 2.10. The lowest BCUT2D eigenvalue weighted by Crippen LogP contribution is -2.16. The second-order valence-corrected chi connectivity index (χ2v) is 4.30. The van der Waals surface area contributed by atoms with Gasteiger partial charge in [-0.05, 0) is 37.4 Å². The van der Waals surface area contributed by atoms with E-state index in [-0.39, 0.29) is 0 Å². The summed E-state index contributed by atoms with van der Waals surface area (Å²) >= 11 is 0. The van der Waals surface area contributed by atoms with E-state index in [1.54, 1.807) is 14.2 Å². The highest BCUT2D eigenvalue weighted by atomic mass is 16.5. The van der Waals surface area contributed by atoms with Crippen molar-refractivity contribution >= 4 is 0 Å². The molecule has 1 aromatic carbocycles. The summed E-state index contributed by atoms with van der Waals surface area (Å²) in [7, 11) is 3.38. The van der Waals surface area contributed by atoms with E-state index in [1.807, 2.05) is 13.0 Å². The van der Waals surface area contributed by atoms with E-state index in [4.69, 9.17) is 15.2 Å². The van der Waals surface area contributed by atoms with Crippen LogP contribution < -0.4 is 15.2 Å². The first-order valence-electron chi connectivity index (χ1n) is 6.08. The number of rotatable bonds is 6. The van der Waals surface area contributed by atoms with E-state index in [0.717, 1.165) is 29.9 Å². The molecule has 0 fully saturated rings. The maximum absolute atomic E-state index is 5.75. The Balaban J connectivity index is 3.03. The summed E-state index contributed by atoms with van der Waals surface area (Å²) in [6.45, 7) is 4.90. The molecular weight excluding hydrogens is 214 g/mol. The Kier molecular flexibility index (Phi) is 5.29. The maximum Gasteiger partial charge on any atom is 0.128 e. The predicted octanol–water partition coefficient (Wildman–Crippen LogP) is 2.54. The molecule has 1 atom stereocenters. The largest absolute Gasteiger partial charge is 0.496 e. The first-order chi connectivity index (χ1) is 8.17. The van der Waals surface area contributed by atoms with Crippen LogP contribution in [0.15, 0.2) is 12.1 Å². The van der Waals surface area contributed by atoms with Gasteiger partial charge in [0.1, 0.15) is 11.5 Å². The van der Waals surface area contributed by atoms with Crippen LogP contribution in [0.5, 0.6) is 11.5 Å². The van der Waals surface area contributed by atoms with Crippen LogP contribution in [0.1, 0.15) is 24.5 Å². The summed E-state index contributed by atoms with van der Waals surface area (Å²) in [6.07, 6.45) is 2.05. The van der Waals surface area contributed by atoms with E-state index in [9.17, 15) is 0 Å². The van der Waals surface area contributed by atoms with Gasteiger partial charge in [0.25, 0.3) is 0 Å². The van der Waals surface area contributed by atoms with Gasteiger partial charge in [0.05, 0.1) is 14.2 Å². The van der Waals surface area contributed by atoms with Gasteiger partial charge >= 0.3 is 0 Å². The molecule has 17 heavy (non-hydrogen) atoms. The number of hydrogen-bond acceptors (Lipinski definition) is 3. The molecule has 0 heterocycles. The average molecular weight is 237 g/mol. The highest BCUT2D eigenvalue weighted by Crippen LogP contribution is 2.32. The first-order valence-corrected chi connectivity index (χ1v) is 6.08. The fraction of sp³-hybridized carbons (Fsp3) is 0.571. The van der Waals surface area contributed by atoms with Crippen molar-refractivity contribution in [3.63, 3.8) is 0 Å². The highest BCUT2D eigenvalue weighted by molar-refractivity contribution is 5.49. The Bertz CT molecular complexity index is 359. The molecule has 0 spiro atoms. The van der Waals surface area contributed by atoms with Crippen molar-refractivity contribution in [2.75, 3.05) is 20.8 Å². The first kappa shape index (κ1) is 13.8. The lowest BCUT2D eigenvalue weighted by atomic mass is 9.95. The van der Waals surface area contributed by atoms with Crippen molar-refractivity contribution in [3.05, 3.63) is 23.3 Å². The monoisotopic (exact) mass is 237 g/mol. The normalized spacial score (nSPS) is 12.3. The molecule has 1 unspecified atom stereocenters. The molecule has 0 aliphatic carbocycles. The van der Waals surface area contributed by atoms with Crippen LogP contribution in [0, 0.1) is 12.8 Å².